The van der Waals surface area contributed by atoms with Gasteiger partial charge in [-0.05, 0) is 19.3 Å². The highest BCUT2D eigenvalue weighted by Gasteiger charge is 2.19. The summed E-state index contributed by atoms with van der Waals surface area (Å²) in [5.41, 5.74) is 0. The Bertz CT molecular complexity index is 679. The second-order valence-corrected chi connectivity index (χ2v) is 13.6. The standard InChI is InChI=1S/C40H76O6/c1-4-7-10-13-15-17-18-19-20-21-23-24-27-30-33-39(42)45-36-37(35-44-38(41)32-29-26-12-9-6-3)46-40(43)34-31-28-25-22-16-14-11-8-5-2/h37H,4-36H2,1-3H3. The Morgan fingerprint density at radius 3 is 0.870 bits per heavy atom. The molecule has 0 aromatic rings. The van der Waals surface area contributed by atoms with Gasteiger partial charge in [-0.25, -0.2) is 0 Å². The molecule has 0 aliphatic rings. The average molecular weight is 653 g/mol. The van der Waals surface area contributed by atoms with Gasteiger partial charge in [0.25, 0.3) is 0 Å². The van der Waals surface area contributed by atoms with E-state index in [1.54, 1.807) is 0 Å². The van der Waals surface area contributed by atoms with Crippen LogP contribution in [-0.4, -0.2) is 37.2 Å². The zero-order chi connectivity index (χ0) is 33.8. The van der Waals surface area contributed by atoms with Crippen LogP contribution in [0.3, 0.4) is 0 Å². The van der Waals surface area contributed by atoms with E-state index in [-0.39, 0.29) is 31.1 Å². The van der Waals surface area contributed by atoms with Crippen LogP contribution in [-0.2, 0) is 28.6 Å². The summed E-state index contributed by atoms with van der Waals surface area (Å²) in [6.45, 7) is 6.53. The van der Waals surface area contributed by atoms with Crippen LogP contribution in [0.4, 0.5) is 0 Å². The Hall–Kier alpha value is -1.59. The van der Waals surface area contributed by atoms with Gasteiger partial charge in [0.2, 0.25) is 0 Å². The first-order valence-corrected chi connectivity index (χ1v) is 20.0. The fourth-order valence-electron chi connectivity index (χ4n) is 5.79. The van der Waals surface area contributed by atoms with Gasteiger partial charge in [0.1, 0.15) is 13.2 Å². The summed E-state index contributed by atoms with van der Waals surface area (Å²) >= 11 is 0. The first kappa shape index (κ1) is 44.4. The van der Waals surface area contributed by atoms with Crippen molar-refractivity contribution >= 4 is 17.9 Å². The molecule has 0 saturated heterocycles. The Morgan fingerprint density at radius 2 is 0.587 bits per heavy atom. The van der Waals surface area contributed by atoms with E-state index in [1.165, 1.54) is 116 Å². The maximum Gasteiger partial charge on any atom is 0.306 e. The Balaban J connectivity index is 4.20. The maximum atomic E-state index is 12.5. The summed E-state index contributed by atoms with van der Waals surface area (Å²) in [4.78, 5) is 37.2. The van der Waals surface area contributed by atoms with Crippen molar-refractivity contribution in [1.29, 1.82) is 0 Å². The monoisotopic (exact) mass is 653 g/mol. The maximum absolute atomic E-state index is 12.5. The number of carbonyl (C=O) groups excluding carboxylic acids is 3. The van der Waals surface area contributed by atoms with E-state index in [9.17, 15) is 14.4 Å². The zero-order valence-corrected chi connectivity index (χ0v) is 30.9. The van der Waals surface area contributed by atoms with Crippen molar-refractivity contribution in [1.82, 2.24) is 0 Å². The summed E-state index contributed by atoms with van der Waals surface area (Å²) in [7, 11) is 0. The molecule has 0 amide bonds. The molecular formula is C40H76O6. The number of ether oxygens (including phenoxy) is 3. The van der Waals surface area contributed by atoms with Crippen molar-refractivity contribution < 1.29 is 28.6 Å². The molecule has 1 unspecified atom stereocenters. The van der Waals surface area contributed by atoms with E-state index in [2.05, 4.69) is 20.8 Å². The molecule has 0 saturated carbocycles. The van der Waals surface area contributed by atoms with Crippen LogP contribution >= 0.6 is 0 Å². The fraction of sp³-hybridized carbons (Fsp3) is 0.925. The van der Waals surface area contributed by atoms with Crippen molar-refractivity contribution in [3.63, 3.8) is 0 Å². The molecule has 0 N–H and O–H groups in total. The molecule has 6 nitrogen and oxygen atoms in total. The number of unbranched alkanes of at least 4 members (excludes halogenated alkanes) is 25. The van der Waals surface area contributed by atoms with Gasteiger partial charge >= 0.3 is 17.9 Å². The fourth-order valence-corrected chi connectivity index (χ4v) is 5.79. The van der Waals surface area contributed by atoms with E-state index >= 15 is 0 Å². The highest BCUT2D eigenvalue weighted by Crippen LogP contribution is 2.15. The van der Waals surface area contributed by atoms with Gasteiger partial charge in [0.15, 0.2) is 6.10 Å². The van der Waals surface area contributed by atoms with Gasteiger partial charge in [0.05, 0.1) is 0 Å². The van der Waals surface area contributed by atoms with Gasteiger partial charge in [-0.1, -0.05) is 181 Å². The Kier molecular flexibility index (Phi) is 35.0. The smallest absolute Gasteiger partial charge is 0.306 e. The molecule has 0 bridgehead atoms. The summed E-state index contributed by atoms with van der Waals surface area (Å²) in [6.07, 6.45) is 34.0. The molecule has 0 aromatic heterocycles. The lowest BCUT2D eigenvalue weighted by Crippen LogP contribution is -2.30. The topological polar surface area (TPSA) is 78.9 Å². The molecule has 0 aliphatic carbocycles. The molecule has 272 valence electrons. The van der Waals surface area contributed by atoms with E-state index in [4.69, 9.17) is 14.2 Å². The lowest BCUT2D eigenvalue weighted by molar-refractivity contribution is -0.167. The van der Waals surface area contributed by atoms with Gasteiger partial charge in [0, 0.05) is 19.3 Å². The molecule has 0 rings (SSSR count). The minimum atomic E-state index is -0.754. The first-order chi connectivity index (χ1) is 22.5. The van der Waals surface area contributed by atoms with E-state index < -0.39 is 6.10 Å². The second-order valence-electron chi connectivity index (χ2n) is 13.6. The van der Waals surface area contributed by atoms with E-state index in [1.807, 2.05) is 0 Å². The van der Waals surface area contributed by atoms with Gasteiger partial charge in [-0.2, -0.15) is 0 Å². The molecule has 46 heavy (non-hydrogen) atoms. The molecular weight excluding hydrogens is 576 g/mol. The summed E-state index contributed by atoms with van der Waals surface area (Å²) in [5, 5.41) is 0. The number of carbonyl (C=O) groups is 3. The minimum absolute atomic E-state index is 0.0648. The van der Waals surface area contributed by atoms with Gasteiger partial charge in [-0.15, -0.1) is 0 Å². The number of esters is 3. The summed E-state index contributed by atoms with van der Waals surface area (Å²) in [6, 6.07) is 0. The lowest BCUT2D eigenvalue weighted by atomic mass is 10.0. The van der Waals surface area contributed by atoms with Crippen LogP contribution in [0.1, 0.15) is 220 Å². The van der Waals surface area contributed by atoms with Crippen LogP contribution in [0.5, 0.6) is 0 Å². The second kappa shape index (κ2) is 36.2. The molecule has 0 heterocycles. The van der Waals surface area contributed by atoms with Crippen LogP contribution in [0, 0.1) is 0 Å². The zero-order valence-electron chi connectivity index (χ0n) is 30.9. The quantitative estimate of drug-likeness (QED) is 0.0381. The van der Waals surface area contributed by atoms with E-state index in [0.29, 0.717) is 19.3 Å². The van der Waals surface area contributed by atoms with Crippen molar-refractivity contribution in [3.8, 4) is 0 Å². The van der Waals surface area contributed by atoms with Crippen LogP contribution in [0.15, 0.2) is 0 Å². The predicted octanol–water partition coefficient (Wildman–Crippen LogP) is 12.1. The number of hydrogen-bond acceptors (Lipinski definition) is 6. The summed E-state index contributed by atoms with van der Waals surface area (Å²) in [5.74, 6) is -0.877. The number of rotatable bonds is 36. The highest BCUT2D eigenvalue weighted by atomic mass is 16.6. The molecule has 0 aliphatic heterocycles. The van der Waals surface area contributed by atoms with Crippen molar-refractivity contribution in [3.05, 3.63) is 0 Å². The minimum Gasteiger partial charge on any atom is -0.462 e. The Morgan fingerprint density at radius 1 is 0.348 bits per heavy atom. The van der Waals surface area contributed by atoms with Crippen LogP contribution < -0.4 is 0 Å². The van der Waals surface area contributed by atoms with Gasteiger partial charge in [-0.3, -0.25) is 14.4 Å². The van der Waals surface area contributed by atoms with Crippen molar-refractivity contribution in [2.24, 2.45) is 0 Å². The lowest BCUT2D eigenvalue weighted by Gasteiger charge is -2.18. The summed E-state index contributed by atoms with van der Waals surface area (Å²) < 4.78 is 16.5. The van der Waals surface area contributed by atoms with Crippen molar-refractivity contribution in [2.75, 3.05) is 13.2 Å². The largest absolute Gasteiger partial charge is 0.462 e. The highest BCUT2D eigenvalue weighted by molar-refractivity contribution is 5.71. The number of hydrogen-bond donors (Lipinski definition) is 0. The van der Waals surface area contributed by atoms with Crippen molar-refractivity contribution in [2.45, 2.75) is 226 Å². The first-order valence-electron chi connectivity index (χ1n) is 20.0. The molecule has 1 atom stereocenters. The third-order valence-corrected chi connectivity index (χ3v) is 8.86. The van der Waals surface area contributed by atoms with Gasteiger partial charge < -0.3 is 14.2 Å². The third-order valence-electron chi connectivity index (χ3n) is 8.86. The predicted molar refractivity (Wildman–Crippen MR) is 192 cm³/mol. The molecule has 0 radical (unpaired) electrons. The normalized spacial score (nSPS) is 11.8. The van der Waals surface area contributed by atoms with Crippen LogP contribution in [0.2, 0.25) is 0 Å². The van der Waals surface area contributed by atoms with Crippen LogP contribution in [0.25, 0.3) is 0 Å². The molecule has 6 heteroatoms. The van der Waals surface area contributed by atoms with E-state index in [0.717, 1.165) is 64.2 Å². The molecule has 0 aromatic carbocycles. The molecule has 0 spiro atoms. The average Bonchev–Trinajstić information content (AvgIpc) is 3.05. The Labute approximate surface area is 285 Å². The molecule has 0 fully saturated rings. The SMILES string of the molecule is CCCCCCCCCCCCCCCCC(=O)OCC(COC(=O)CCCCCCC)OC(=O)CCCCCCCCCCC. The third kappa shape index (κ3) is 33.8.